The van der Waals surface area contributed by atoms with Crippen molar-refractivity contribution in [2.75, 3.05) is 67.1 Å². The molecule has 8 nitrogen and oxygen atoms in total. The number of nitrogens with one attached hydrogen (secondary N) is 2. The highest BCUT2D eigenvalue weighted by Crippen LogP contribution is 2.38. The largest absolute Gasteiger partial charge is 0.492 e. The third kappa shape index (κ3) is 6.59. The normalized spacial score (nSPS) is 18.9. The zero-order chi connectivity index (χ0) is 22.8. The predicted molar refractivity (Wildman–Crippen MR) is 127 cm³/mol. The molecule has 2 N–H and O–H groups in total. The topological polar surface area (TPSA) is 78.4 Å². The summed E-state index contributed by atoms with van der Waals surface area (Å²) in [5.74, 6) is 1.79. The molecule has 2 aliphatic rings. The van der Waals surface area contributed by atoms with Crippen LogP contribution in [0.3, 0.4) is 0 Å². The maximum atomic E-state index is 12.8. The van der Waals surface area contributed by atoms with Crippen molar-refractivity contribution in [3.8, 4) is 5.75 Å². The average Bonchev–Trinajstić information content (AvgIpc) is 3.30. The van der Waals surface area contributed by atoms with Crippen LogP contribution in [0.1, 0.15) is 31.2 Å². The Kier molecular flexibility index (Phi) is 9.17. The molecule has 0 atom stereocenters. The molecule has 32 heavy (non-hydrogen) atoms. The van der Waals surface area contributed by atoms with E-state index < -0.39 is 0 Å². The molecule has 1 aliphatic heterocycles. The summed E-state index contributed by atoms with van der Waals surface area (Å²) in [5.41, 5.74) is 0.749. The third-order valence-electron chi connectivity index (χ3n) is 6.43. The van der Waals surface area contributed by atoms with Crippen LogP contribution in [-0.4, -0.2) is 88.8 Å². The first-order chi connectivity index (χ1) is 15.5. The van der Waals surface area contributed by atoms with E-state index in [-0.39, 0.29) is 11.3 Å². The van der Waals surface area contributed by atoms with Gasteiger partial charge < -0.3 is 25.0 Å². The van der Waals surface area contributed by atoms with E-state index in [1.807, 2.05) is 32.3 Å². The number of hydrogen-bond acceptors (Lipinski definition) is 5. The smallest absolute Gasteiger partial charge is 0.230 e. The number of nitrogens with zero attached hydrogens (tertiary/aromatic N) is 3. The molecule has 1 saturated carbocycles. The van der Waals surface area contributed by atoms with E-state index in [9.17, 15) is 4.79 Å². The Bertz CT molecular complexity index is 756. The van der Waals surface area contributed by atoms with Crippen molar-refractivity contribution in [2.24, 2.45) is 10.4 Å². The van der Waals surface area contributed by atoms with Gasteiger partial charge in [-0.15, -0.1) is 0 Å². The molecule has 8 heteroatoms. The van der Waals surface area contributed by atoms with Gasteiger partial charge in [0.15, 0.2) is 5.96 Å². The summed E-state index contributed by atoms with van der Waals surface area (Å²) in [6, 6.07) is 8.09. The second-order valence-corrected chi connectivity index (χ2v) is 8.88. The summed E-state index contributed by atoms with van der Waals surface area (Å²) >= 11 is 0. The number of para-hydroxylation sites is 1. The fourth-order valence-corrected chi connectivity index (χ4v) is 4.55. The molecule has 1 saturated heterocycles. The molecule has 3 rings (SSSR count). The van der Waals surface area contributed by atoms with Crippen molar-refractivity contribution in [3.63, 3.8) is 0 Å². The number of carbonyl (C=O) groups excluding carboxylic acids is 1. The van der Waals surface area contributed by atoms with Crippen molar-refractivity contribution in [1.29, 1.82) is 0 Å². The third-order valence-corrected chi connectivity index (χ3v) is 6.43. The lowest BCUT2D eigenvalue weighted by atomic mass is 9.84. The van der Waals surface area contributed by atoms with Crippen LogP contribution in [0.5, 0.6) is 5.75 Å². The average molecular weight is 446 g/mol. The van der Waals surface area contributed by atoms with Gasteiger partial charge in [-0.3, -0.25) is 14.7 Å². The molecule has 0 aromatic heterocycles. The molecule has 1 amide bonds. The number of amides is 1. The van der Waals surface area contributed by atoms with E-state index in [0.29, 0.717) is 25.7 Å². The zero-order valence-electron chi connectivity index (χ0n) is 19.9. The van der Waals surface area contributed by atoms with Gasteiger partial charge in [0.05, 0.1) is 18.6 Å². The summed E-state index contributed by atoms with van der Waals surface area (Å²) in [5, 5.41) is 6.78. The van der Waals surface area contributed by atoms with Crippen LogP contribution in [0, 0.1) is 5.41 Å². The lowest BCUT2D eigenvalue weighted by Crippen LogP contribution is -2.49. The monoisotopic (exact) mass is 445 g/mol. The number of benzene rings is 1. The lowest BCUT2D eigenvalue weighted by molar-refractivity contribution is -0.138. The standard InChI is InChI=1S/C24H39N5O3/c1-25-23(27-19-24(10-6-7-11-24)22(30)28(2)3)26-18-20-8-4-5-9-21(20)32-17-14-29-12-15-31-16-13-29/h4-5,8-9H,6-7,10-19H2,1-3H3,(H2,25,26,27). The molecular formula is C24H39N5O3. The van der Waals surface area contributed by atoms with Crippen molar-refractivity contribution in [2.45, 2.75) is 32.2 Å². The highest BCUT2D eigenvalue weighted by molar-refractivity contribution is 5.85. The second-order valence-electron chi connectivity index (χ2n) is 8.88. The molecule has 178 valence electrons. The van der Waals surface area contributed by atoms with Crippen LogP contribution in [0.2, 0.25) is 0 Å². The molecule has 1 aromatic carbocycles. The van der Waals surface area contributed by atoms with E-state index in [2.05, 4.69) is 26.6 Å². The maximum absolute atomic E-state index is 12.8. The summed E-state index contributed by atoms with van der Waals surface area (Å²) in [7, 11) is 5.44. The van der Waals surface area contributed by atoms with Gasteiger partial charge in [-0.05, 0) is 18.9 Å². The van der Waals surface area contributed by atoms with Crippen molar-refractivity contribution < 1.29 is 14.3 Å². The quantitative estimate of drug-likeness (QED) is 0.445. The van der Waals surface area contributed by atoms with Gasteiger partial charge >= 0.3 is 0 Å². The van der Waals surface area contributed by atoms with Crippen LogP contribution in [0.25, 0.3) is 0 Å². The number of aliphatic imine (C=N–C) groups is 1. The van der Waals surface area contributed by atoms with E-state index in [0.717, 1.165) is 69.8 Å². The summed E-state index contributed by atoms with van der Waals surface area (Å²) in [6.07, 6.45) is 4.05. The first-order valence-corrected chi connectivity index (χ1v) is 11.7. The second kappa shape index (κ2) is 12.1. The first kappa shape index (κ1) is 24.3. The van der Waals surface area contributed by atoms with Gasteiger partial charge in [0.2, 0.25) is 5.91 Å². The molecule has 0 radical (unpaired) electrons. The highest BCUT2D eigenvalue weighted by atomic mass is 16.5. The molecule has 0 unspecified atom stereocenters. The Morgan fingerprint density at radius 1 is 1.19 bits per heavy atom. The summed E-state index contributed by atoms with van der Waals surface area (Å²) in [6.45, 7) is 6.28. The maximum Gasteiger partial charge on any atom is 0.230 e. The fourth-order valence-electron chi connectivity index (χ4n) is 4.55. The van der Waals surface area contributed by atoms with Crippen molar-refractivity contribution >= 4 is 11.9 Å². The number of rotatable bonds is 9. The van der Waals surface area contributed by atoms with Gasteiger partial charge in [-0.2, -0.15) is 0 Å². The van der Waals surface area contributed by atoms with Crippen LogP contribution in [-0.2, 0) is 16.1 Å². The van der Waals surface area contributed by atoms with E-state index in [1.54, 1.807) is 11.9 Å². The number of carbonyl (C=O) groups is 1. The summed E-state index contributed by atoms with van der Waals surface area (Å²) < 4.78 is 11.5. The number of hydrogen-bond donors (Lipinski definition) is 2. The Morgan fingerprint density at radius 2 is 1.91 bits per heavy atom. The SMILES string of the molecule is CN=C(NCc1ccccc1OCCN1CCOCC1)NCC1(C(=O)N(C)C)CCCC1. The van der Waals surface area contributed by atoms with E-state index in [1.165, 1.54) is 0 Å². The molecule has 1 aromatic rings. The first-order valence-electron chi connectivity index (χ1n) is 11.7. The van der Waals surface area contributed by atoms with Crippen LogP contribution >= 0.6 is 0 Å². The highest BCUT2D eigenvalue weighted by Gasteiger charge is 2.42. The van der Waals surface area contributed by atoms with E-state index in [4.69, 9.17) is 9.47 Å². The molecule has 1 heterocycles. The minimum Gasteiger partial charge on any atom is -0.492 e. The number of morpholine rings is 1. The molecule has 0 spiro atoms. The van der Waals surface area contributed by atoms with Crippen LogP contribution in [0.4, 0.5) is 0 Å². The minimum atomic E-state index is -0.332. The molecular weight excluding hydrogens is 406 g/mol. The lowest BCUT2D eigenvalue weighted by Gasteiger charge is -2.31. The number of ether oxygens (including phenoxy) is 2. The molecule has 2 fully saturated rings. The van der Waals surface area contributed by atoms with Gasteiger partial charge in [0.1, 0.15) is 12.4 Å². The molecule has 0 bridgehead atoms. The Morgan fingerprint density at radius 3 is 2.59 bits per heavy atom. The number of guanidine groups is 1. The van der Waals surface area contributed by atoms with Crippen LogP contribution < -0.4 is 15.4 Å². The molecule has 1 aliphatic carbocycles. The Labute approximate surface area is 192 Å². The van der Waals surface area contributed by atoms with Gasteiger partial charge in [0.25, 0.3) is 0 Å². The van der Waals surface area contributed by atoms with Gasteiger partial charge in [0, 0.05) is 59.4 Å². The predicted octanol–water partition coefficient (Wildman–Crippen LogP) is 1.71. The Hall–Kier alpha value is -2.32. The van der Waals surface area contributed by atoms with Crippen LogP contribution in [0.15, 0.2) is 29.3 Å². The Balaban J connectivity index is 1.50. The van der Waals surface area contributed by atoms with E-state index >= 15 is 0 Å². The minimum absolute atomic E-state index is 0.206. The van der Waals surface area contributed by atoms with Crippen molar-refractivity contribution in [3.05, 3.63) is 29.8 Å². The zero-order valence-corrected chi connectivity index (χ0v) is 19.9. The fraction of sp³-hybridized carbons (Fsp3) is 0.667. The van der Waals surface area contributed by atoms with Crippen molar-refractivity contribution in [1.82, 2.24) is 20.4 Å². The van der Waals surface area contributed by atoms with Gasteiger partial charge in [-0.1, -0.05) is 31.0 Å². The van der Waals surface area contributed by atoms with Gasteiger partial charge in [-0.25, -0.2) is 0 Å². The summed E-state index contributed by atoms with van der Waals surface area (Å²) in [4.78, 5) is 21.2.